The van der Waals surface area contributed by atoms with Crippen molar-refractivity contribution in [3.63, 3.8) is 0 Å². The Morgan fingerprint density at radius 2 is 1.54 bits per heavy atom. The summed E-state index contributed by atoms with van der Waals surface area (Å²) < 4.78 is 0. The monoisotopic (exact) mass is 216 g/mol. The molecule has 6 nitrogen and oxygen atoms in total. The fourth-order valence-corrected chi connectivity index (χ4v) is 0.618. The van der Waals surface area contributed by atoms with Crippen LogP contribution in [-0.4, -0.2) is 62.8 Å². The second kappa shape index (κ2) is 7.19. The number of rotatable bonds is 5. The minimum Gasteiger partial charge on any atom is -0.394 e. The quantitative estimate of drug-likeness (QED) is 0.314. The van der Waals surface area contributed by atoms with E-state index in [1.165, 1.54) is 0 Å². The highest BCUT2D eigenvalue weighted by Crippen LogP contribution is 2.02. The number of aliphatic hydroxyl groups excluding tert-OH is 5. The van der Waals surface area contributed by atoms with Gasteiger partial charge in [-0.3, -0.25) is 0 Å². The number of halogens is 1. The molecule has 0 aromatic rings. The maximum absolute atomic E-state index is 9.90. The summed E-state index contributed by atoms with van der Waals surface area (Å²) >= 11 is 0. The van der Waals surface area contributed by atoms with E-state index in [4.69, 9.17) is 25.5 Å². The third-order valence-electron chi connectivity index (χ3n) is 1.42. The fourth-order valence-electron chi connectivity index (χ4n) is 0.618. The molecule has 0 aromatic heterocycles. The third kappa shape index (κ3) is 4.51. The van der Waals surface area contributed by atoms with Crippen LogP contribution in [-0.2, 0) is 4.79 Å². The molecule has 0 rings (SSSR count). The average Bonchev–Trinajstić information content (AvgIpc) is 2.12. The van der Waals surface area contributed by atoms with Gasteiger partial charge in [-0.15, -0.1) is 12.4 Å². The van der Waals surface area contributed by atoms with Crippen molar-refractivity contribution in [2.45, 2.75) is 24.4 Å². The summed E-state index contributed by atoms with van der Waals surface area (Å²) in [7, 11) is 0. The van der Waals surface area contributed by atoms with Crippen molar-refractivity contribution in [1.82, 2.24) is 0 Å². The van der Waals surface area contributed by atoms with E-state index in [1.807, 2.05) is 0 Å². The predicted octanol–water partition coefficient (Wildman–Crippen LogP) is -2.96. The van der Waals surface area contributed by atoms with Crippen molar-refractivity contribution in [3.8, 4) is 0 Å². The van der Waals surface area contributed by atoms with Crippen LogP contribution in [0.1, 0.15) is 0 Å². The predicted molar refractivity (Wildman–Crippen MR) is 44.4 cm³/mol. The second-order valence-electron chi connectivity index (χ2n) is 2.36. The Balaban J connectivity index is 0. The topological polar surface area (TPSA) is 118 Å². The van der Waals surface area contributed by atoms with Crippen LogP contribution in [0, 0.1) is 0 Å². The lowest BCUT2D eigenvalue weighted by molar-refractivity contribution is -0.136. The maximum atomic E-state index is 9.90. The van der Waals surface area contributed by atoms with Gasteiger partial charge in [0.05, 0.1) is 6.61 Å². The van der Waals surface area contributed by atoms with E-state index in [0.717, 1.165) is 0 Å². The van der Waals surface area contributed by atoms with Crippen molar-refractivity contribution in [1.29, 1.82) is 0 Å². The molecule has 0 aliphatic rings. The number of hydrogen-bond donors (Lipinski definition) is 5. The van der Waals surface area contributed by atoms with Crippen molar-refractivity contribution in [2.75, 3.05) is 6.61 Å². The summed E-state index contributed by atoms with van der Waals surface area (Å²) in [6.45, 7) is -0.760. The first-order chi connectivity index (χ1) is 5.54. The Morgan fingerprint density at radius 1 is 1.08 bits per heavy atom. The highest BCUT2D eigenvalue weighted by molar-refractivity contribution is 5.85. The summed E-state index contributed by atoms with van der Waals surface area (Å²) in [6.07, 6.45) is -6.84. The zero-order valence-corrected chi connectivity index (χ0v) is 7.46. The van der Waals surface area contributed by atoms with E-state index < -0.39 is 31.0 Å². The Bertz CT molecular complexity index is 143. The highest BCUT2D eigenvalue weighted by atomic mass is 35.5. The molecule has 80 valence electrons. The van der Waals surface area contributed by atoms with Crippen molar-refractivity contribution >= 4 is 18.7 Å². The number of aliphatic hydroxyl groups is 5. The molecule has 7 heteroatoms. The van der Waals surface area contributed by atoms with E-state index in [1.54, 1.807) is 0 Å². The molecule has 13 heavy (non-hydrogen) atoms. The van der Waals surface area contributed by atoms with E-state index in [2.05, 4.69) is 0 Å². The Hall–Kier alpha value is -0.240. The first kappa shape index (κ1) is 15.2. The molecule has 0 fully saturated rings. The van der Waals surface area contributed by atoms with Crippen LogP contribution >= 0.6 is 12.4 Å². The Kier molecular flexibility index (Phi) is 8.43. The Morgan fingerprint density at radius 3 is 1.85 bits per heavy atom. The molecular weight excluding hydrogens is 204 g/mol. The molecule has 0 aromatic carbocycles. The van der Waals surface area contributed by atoms with Crippen LogP contribution in [0.3, 0.4) is 0 Å². The van der Waals surface area contributed by atoms with Gasteiger partial charge in [-0.1, -0.05) is 0 Å². The van der Waals surface area contributed by atoms with Gasteiger partial charge in [-0.25, -0.2) is 0 Å². The van der Waals surface area contributed by atoms with Crippen molar-refractivity contribution in [3.05, 3.63) is 0 Å². The standard InChI is InChI=1S/C6H12O6.ClH/c7-1-3(9)5(11)6(12)4(10)2-8;/h1,3-6,8-12H,2H2;1H/t3-,4-,5-,6-;/m1./s1. The SMILES string of the molecule is Cl.O=C[C@@H](O)[C@@H](O)[C@H](O)[C@H](O)CO. The summed E-state index contributed by atoms with van der Waals surface area (Å²) in [5.41, 5.74) is 0. The van der Waals surface area contributed by atoms with Gasteiger partial charge in [0.25, 0.3) is 0 Å². The molecule has 0 heterocycles. The van der Waals surface area contributed by atoms with E-state index in [9.17, 15) is 4.79 Å². The number of carbonyl (C=O) groups is 1. The molecular formula is C6H13ClO6. The third-order valence-corrected chi connectivity index (χ3v) is 1.42. The molecule has 0 saturated carbocycles. The molecule has 5 N–H and O–H groups in total. The molecule has 0 radical (unpaired) electrons. The minimum atomic E-state index is -1.79. The van der Waals surface area contributed by atoms with Crippen LogP contribution in [0.15, 0.2) is 0 Å². The van der Waals surface area contributed by atoms with Gasteiger partial charge in [0, 0.05) is 0 Å². The fraction of sp³-hybridized carbons (Fsp3) is 0.833. The second-order valence-corrected chi connectivity index (χ2v) is 2.36. The van der Waals surface area contributed by atoms with Gasteiger partial charge in [0.2, 0.25) is 0 Å². The summed E-state index contributed by atoms with van der Waals surface area (Å²) in [5.74, 6) is 0. The average molecular weight is 217 g/mol. The molecule has 0 amide bonds. The maximum Gasteiger partial charge on any atom is 0.151 e. The zero-order valence-electron chi connectivity index (χ0n) is 6.65. The van der Waals surface area contributed by atoms with Crippen LogP contribution in [0.2, 0.25) is 0 Å². The van der Waals surface area contributed by atoms with E-state index in [-0.39, 0.29) is 18.7 Å². The van der Waals surface area contributed by atoms with Crippen LogP contribution in [0.4, 0.5) is 0 Å². The van der Waals surface area contributed by atoms with Gasteiger partial charge in [-0.05, 0) is 0 Å². The van der Waals surface area contributed by atoms with Gasteiger partial charge < -0.3 is 30.3 Å². The van der Waals surface area contributed by atoms with Crippen molar-refractivity contribution < 1.29 is 30.3 Å². The summed E-state index contributed by atoms with van der Waals surface area (Å²) in [6, 6.07) is 0. The number of hydrogen-bond acceptors (Lipinski definition) is 6. The molecule has 0 saturated heterocycles. The lowest BCUT2D eigenvalue weighted by Crippen LogP contribution is -2.46. The van der Waals surface area contributed by atoms with Gasteiger partial charge >= 0.3 is 0 Å². The van der Waals surface area contributed by atoms with Gasteiger partial charge in [0.1, 0.15) is 24.4 Å². The summed E-state index contributed by atoms with van der Waals surface area (Å²) in [4.78, 5) is 9.90. The first-order valence-electron chi connectivity index (χ1n) is 3.33. The summed E-state index contributed by atoms with van der Waals surface area (Å²) in [5, 5.41) is 43.5. The smallest absolute Gasteiger partial charge is 0.151 e. The van der Waals surface area contributed by atoms with E-state index >= 15 is 0 Å². The van der Waals surface area contributed by atoms with Gasteiger partial charge in [-0.2, -0.15) is 0 Å². The highest BCUT2D eigenvalue weighted by Gasteiger charge is 2.29. The lowest BCUT2D eigenvalue weighted by atomic mass is 10.0. The molecule has 0 unspecified atom stereocenters. The van der Waals surface area contributed by atoms with Crippen LogP contribution < -0.4 is 0 Å². The van der Waals surface area contributed by atoms with E-state index in [0.29, 0.717) is 0 Å². The number of aldehydes is 1. The van der Waals surface area contributed by atoms with Crippen molar-refractivity contribution in [2.24, 2.45) is 0 Å². The molecule has 0 bridgehead atoms. The lowest BCUT2D eigenvalue weighted by Gasteiger charge is -2.22. The largest absolute Gasteiger partial charge is 0.394 e. The zero-order chi connectivity index (χ0) is 9.72. The first-order valence-corrected chi connectivity index (χ1v) is 3.33. The normalized spacial score (nSPS) is 19.5. The molecule has 0 aliphatic carbocycles. The Labute approximate surface area is 80.8 Å². The van der Waals surface area contributed by atoms with Gasteiger partial charge in [0.15, 0.2) is 6.29 Å². The van der Waals surface area contributed by atoms with Crippen LogP contribution in [0.25, 0.3) is 0 Å². The molecule has 0 spiro atoms. The number of carbonyl (C=O) groups excluding carboxylic acids is 1. The molecule has 0 aliphatic heterocycles. The minimum absolute atomic E-state index is 0. The van der Waals surface area contributed by atoms with Crippen LogP contribution in [0.5, 0.6) is 0 Å². The molecule has 4 atom stereocenters.